The van der Waals surface area contributed by atoms with Gasteiger partial charge in [0.2, 0.25) is 5.91 Å². The predicted molar refractivity (Wildman–Crippen MR) is 133 cm³/mol. The Labute approximate surface area is 201 Å². The summed E-state index contributed by atoms with van der Waals surface area (Å²) in [5.41, 5.74) is 2.82. The second-order valence-electron chi connectivity index (χ2n) is 7.69. The highest BCUT2D eigenvalue weighted by molar-refractivity contribution is 7.91. The van der Waals surface area contributed by atoms with Crippen LogP contribution in [0.25, 0.3) is 10.2 Å². The van der Waals surface area contributed by atoms with E-state index in [1.807, 2.05) is 37.3 Å². The van der Waals surface area contributed by atoms with E-state index < -0.39 is 9.84 Å². The van der Waals surface area contributed by atoms with Crippen LogP contribution in [0.5, 0.6) is 0 Å². The number of rotatable bonds is 8. The van der Waals surface area contributed by atoms with Crippen LogP contribution in [0.15, 0.2) is 71.9 Å². The molecule has 2 aromatic carbocycles. The molecule has 0 aliphatic rings. The minimum atomic E-state index is -3.50. The molecule has 2 aromatic heterocycles. The van der Waals surface area contributed by atoms with E-state index in [-0.39, 0.29) is 29.4 Å². The first-order valence-electron chi connectivity index (χ1n) is 10.4. The van der Waals surface area contributed by atoms with Crippen molar-refractivity contribution < 1.29 is 13.2 Å². The average Bonchev–Trinajstić information content (AvgIpc) is 3.21. The maximum atomic E-state index is 13.2. The lowest BCUT2D eigenvalue weighted by Crippen LogP contribution is -2.30. The second kappa shape index (κ2) is 9.99. The molecule has 0 aliphatic carbocycles. The molecule has 0 unspecified atom stereocenters. The van der Waals surface area contributed by atoms with Crippen molar-refractivity contribution in [1.82, 2.24) is 9.97 Å². The predicted octanol–water partition coefficient (Wildman–Crippen LogP) is 5.44. The van der Waals surface area contributed by atoms with Crippen LogP contribution in [0, 0.1) is 6.92 Å². The molecule has 4 aromatic rings. The number of aryl methyl sites for hydroxylation is 1. The Morgan fingerprint density at radius 3 is 2.64 bits per heavy atom. The van der Waals surface area contributed by atoms with Gasteiger partial charge in [-0.2, -0.15) is 0 Å². The molecule has 0 spiro atoms. The van der Waals surface area contributed by atoms with Crippen LogP contribution in [-0.2, 0) is 21.2 Å². The summed E-state index contributed by atoms with van der Waals surface area (Å²) in [6, 6.07) is 15.7. The second-order valence-corrected chi connectivity index (χ2v) is 11.2. The number of anilines is 1. The zero-order valence-electron chi connectivity index (χ0n) is 17.9. The molecular formula is C24H22ClN3O3S2. The van der Waals surface area contributed by atoms with Gasteiger partial charge in [-0.15, -0.1) is 0 Å². The molecule has 0 bridgehead atoms. The molecule has 33 heavy (non-hydrogen) atoms. The smallest absolute Gasteiger partial charge is 0.229 e. The van der Waals surface area contributed by atoms with E-state index in [0.29, 0.717) is 16.7 Å². The molecule has 0 radical (unpaired) electrons. The molecule has 6 nitrogen and oxygen atoms in total. The number of sulfone groups is 1. The first kappa shape index (κ1) is 23.4. The Kier molecular flexibility index (Phi) is 7.07. The van der Waals surface area contributed by atoms with Crippen molar-refractivity contribution in [2.45, 2.75) is 31.2 Å². The SMILES string of the molecule is Cc1ccc2nc(N(Cc3cccnc3)C(=O)CCCS(=O)(=O)c3ccc(Cl)cc3)sc2c1. The minimum absolute atomic E-state index is 0.0854. The largest absolute Gasteiger partial charge is 0.284 e. The molecule has 0 N–H and O–H groups in total. The number of fused-ring (bicyclic) bond motifs is 1. The van der Waals surface area contributed by atoms with Crippen LogP contribution in [0.4, 0.5) is 5.13 Å². The normalized spacial score (nSPS) is 11.6. The van der Waals surface area contributed by atoms with Crippen molar-refractivity contribution in [1.29, 1.82) is 0 Å². The summed E-state index contributed by atoms with van der Waals surface area (Å²) in [6.07, 6.45) is 3.68. The fourth-order valence-corrected chi connectivity index (χ4v) is 5.90. The van der Waals surface area contributed by atoms with Crippen LogP contribution < -0.4 is 4.90 Å². The number of pyridine rings is 1. The van der Waals surface area contributed by atoms with E-state index in [1.165, 1.54) is 23.5 Å². The third kappa shape index (κ3) is 5.76. The van der Waals surface area contributed by atoms with E-state index in [4.69, 9.17) is 11.6 Å². The van der Waals surface area contributed by atoms with E-state index >= 15 is 0 Å². The number of amides is 1. The summed E-state index contributed by atoms with van der Waals surface area (Å²) < 4.78 is 26.2. The Bertz CT molecular complexity index is 1370. The highest BCUT2D eigenvalue weighted by Gasteiger charge is 2.22. The number of hydrogen-bond acceptors (Lipinski definition) is 6. The number of hydrogen-bond donors (Lipinski definition) is 0. The highest BCUT2D eigenvalue weighted by atomic mass is 35.5. The topological polar surface area (TPSA) is 80.2 Å². The van der Waals surface area contributed by atoms with Crippen LogP contribution >= 0.6 is 22.9 Å². The van der Waals surface area contributed by atoms with Gasteiger partial charge < -0.3 is 0 Å². The molecule has 0 saturated heterocycles. The number of thiazole rings is 1. The lowest BCUT2D eigenvalue weighted by molar-refractivity contribution is -0.118. The van der Waals surface area contributed by atoms with Crippen molar-refractivity contribution in [3.05, 3.63) is 83.1 Å². The van der Waals surface area contributed by atoms with Gasteiger partial charge in [0.1, 0.15) is 0 Å². The van der Waals surface area contributed by atoms with Crippen LogP contribution in [0.2, 0.25) is 5.02 Å². The summed E-state index contributed by atoms with van der Waals surface area (Å²) >= 11 is 7.30. The van der Waals surface area contributed by atoms with E-state index in [2.05, 4.69) is 9.97 Å². The number of carbonyl (C=O) groups excluding carboxylic acids is 1. The number of carbonyl (C=O) groups is 1. The maximum absolute atomic E-state index is 13.2. The summed E-state index contributed by atoms with van der Waals surface area (Å²) in [5, 5.41) is 1.06. The van der Waals surface area contributed by atoms with Gasteiger partial charge in [0.05, 0.1) is 27.4 Å². The maximum Gasteiger partial charge on any atom is 0.229 e. The lowest BCUT2D eigenvalue weighted by atomic mass is 10.2. The summed E-state index contributed by atoms with van der Waals surface area (Å²) in [6.45, 7) is 2.33. The fourth-order valence-electron chi connectivity index (χ4n) is 3.38. The van der Waals surface area contributed by atoms with Crippen molar-refractivity contribution in [3.63, 3.8) is 0 Å². The number of nitrogens with zero attached hydrogens (tertiary/aromatic N) is 3. The zero-order valence-corrected chi connectivity index (χ0v) is 20.3. The van der Waals surface area contributed by atoms with Crippen molar-refractivity contribution in [3.8, 4) is 0 Å². The first-order chi connectivity index (χ1) is 15.8. The van der Waals surface area contributed by atoms with Crippen molar-refractivity contribution in [2.24, 2.45) is 0 Å². The molecule has 170 valence electrons. The molecule has 4 rings (SSSR count). The number of halogens is 1. The molecule has 2 heterocycles. The highest BCUT2D eigenvalue weighted by Crippen LogP contribution is 2.31. The molecule has 1 amide bonds. The molecule has 0 saturated carbocycles. The summed E-state index contributed by atoms with van der Waals surface area (Å²) in [4.78, 5) is 23.8. The molecule has 9 heteroatoms. The van der Waals surface area contributed by atoms with Gasteiger partial charge in [-0.25, -0.2) is 13.4 Å². The van der Waals surface area contributed by atoms with Gasteiger partial charge in [-0.3, -0.25) is 14.7 Å². The van der Waals surface area contributed by atoms with Gasteiger partial charge in [-0.1, -0.05) is 35.1 Å². The van der Waals surface area contributed by atoms with Crippen molar-refractivity contribution in [2.75, 3.05) is 10.7 Å². The summed E-state index contributed by atoms with van der Waals surface area (Å²) in [7, 11) is -3.50. The standard InChI is InChI=1S/C24H22ClN3O3S2/c1-17-6-11-21-22(14-17)32-24(27-21)28(16-18-4-2-12-26-15-18)23(29)5-3-13-33(30,31)20-9-7-19(25)8-10-20/h2,4,6-12,14-15H,3,5,13,16H2,1H3. The average molecular weight is 500 g/mol. The Balaban J connectivity index is 1.52. The molecule has 0 atom stereocenters. The lowest BCUT2D eigenvalue weighted by Gasteiger charge is -2.20. The number of benzene rings is 2. The quantitative estimate of drug-likeness (QED) is 0.322. The van der Waals surface area contributed by atoms with Gasteiger partial charge in [0.25, 0.3) is 0 Å². The Hall–Kier alpha value is -2.81. The monoisotopic (exact) mass is 499 g/mol. The van der Waals surface area contributed by atoms with Gasteiger partial charge in [-0.05, 0) is 66.9 Å². The van der Waals surface area contributed by atoms with Gasteiger partial charge in [0, 0.05) is 23.8 Å². The fraction of sp³-hybridized carbons (Fsp3) is 0.208. The first-order valence-corrected chi connectivity index (χ1v) is 13.2. The third-order valence-corrected chi connectivity index (χ3v) is 8.21. The van der Waals surface area contributed by atoms with E-state index in [0.717, 1.165) is 21.3 Å². The minimum Gasteiger partial charge on any atom is -0.284 e. The van der Waals surface area contributed by atoms with Crippen molar-refractivity contribution >= 4 is 54.0 Å². The van der Waals surface area contributed by atoms with E-state index in [1.54, 1.807) is 29.4 Å². The molecular weight excluding hydrogens is 478 g/mol. The molecule has 0 aliphatic heterocycles. The third-order valence-electron chi connectivity index (χ3n) is 5.10. The zero-order chi connectivity index (χ0) is 23.4. The van der Waals surface area contributed by atoms with Crippen LogP contribution in [0.1, 0.15) is 24.0 Å². The molecule has 0 fully saturated rings. The summed E-state index contributed by atoms with van der Waals surface area (Å²) in [5.74, 6) is -0.305. The van der Waals surface area contributed by atoms with Crippen LogP contribution in [0.3, 0.4) is 0 Å². The van der Waals surface area contributed by atoms with E-state index in [9.17, 15) is 13.2 Å². The number of aromatic nitrogens is 2. The van der Waals surface area contributed by atoms with Crippen LogP contribution in [-0.4, -0.2) is 30.0 Å². The van der Waals surface area contributed by atoms with Gasteiger partial charge in [0.15, 0.2) is 15.0 Å². The Morgan fingerprint density at radius 1 is 1.12 bits per heavy atom. The Morgan fingerprint density at radius 2 is 1.91 bits per heavy atom. The van der Waals surface area contributed by atoms with Gasteiger partial charge >= 0.3 is 0 Å².